The lowest BCUT2D eigenvalue weighted by Gasteiger charge is -2.37. The van der Waals surface area contributed by atoms with Crippen LogP contribution in [-0.2, 0) is 4.74 Å². The molecule has 1 aromatic rings. The number of hydrogen-bond acceptors (Lipinski definition) is 5. The number of piperidine rings is 1. The number of hydrogen-bond donors (Lipinski definition) is 2. The van der Waals surface area contributed by atoms with Crippen LogP contribution in [0, 0.1) is 0 Å². The van der Waals surface area contributed by atoms with E-state index in [9.17, 15) is 5.11 Å². The highest BCUT2D eigenvalue weighted by atomic mass is 16.5. The number of rotatable bonds is 4. The molecule has 0 atom stereocenters. The second-order valence-corrected chi connectivity index (χ2v) is 6.17. The van der Waals surface area contributed by atoms with E-state index in [1.54, 1.807) is 0 Å². The summed E-state index contributed by atoms with van der Waals surface area (Å²) in [6, 6.07) is 6.55. The number of nitrogens with zero attached hydrogens (tertiary/aromatic N) is 2. The van der Waals surface area contributed by atoms with Gasteiger partial charge in [0.05, 0.1) is 5.60 Å². The van der Waals surface area contributed by atoms with E-state index in [-0.39, 0.29) is 0 Å². The van der Waals surface area contributed by atoms with Crippen LogP contribution in [-0.4, -0.2) is 54.6 Å². The molecule has 21 heavy (non-hydrogen) atoms. The third kappa shape index (κ3) is 3.93. The summed E-state index contributed by atoms with van der Waals surface area (Å²) >= 11 is 0. The summed E-state index contributed by atoms with van der Waals surface area (Å²) in [4.78, 5) is 6.74. The molecule has 3 heterocycles. The van der Waals surface area contributed by atoms with Crippen molar-refractivity contribution < 1.29 is 9.84 Å². The number of nitrogens with one attached hydrogen (secondary N) is 1. The fourth-order valence-corrected chi connectivity index (χ4v) is 3.12. The van der Waals surface area contributed by atoms with Crippen molar-refractivity contribution in [1.29, 1.82) is 0 Å². The monoisotopic (exact) mass is 291 g/mol. The van der Waals surface area contributed by atoms with Crippen molar-refractivity contribution in [3.05, 3.63) is 24.4 Å². The Balaban J connectivity index is 1.43. The first-order valence-electron chi connectivity index (χ1n) is 7.95. The van der Waals surface area contributed by atoms with Gasteiger partial charge in [-0.25, -0.2) is 4.98 Å². The Labute approximate surface area is 126 Å². The van der Waals surface area contributed by atoms with Crippen LogP contribution in [0.1, 0.15) is 25.7 Å². The molecule has 5 nitrogen and oxygen atoms in total. The van der Waals surface area contributed by atoms with Crippen LogP contribution in [0.3, 0.4) is 0 Å². The van der Waals surface area contributed by atoms with Crippen LogP contribution in [0.2, 0.25) is 0 Å². The van der Waals surface area contributed by atoms with Gasteiger partial charge in [0.2, 0.25) is 0 Å². The predicted octanol–water partition coefficient (Wildman–Crippen LogP) is 1.18. The van der Waals surface area contributed by atoms with Crippen molar-refractivity contribution in [2.24, 2.45) is 0 Å². The van der Waals surface area contributed by atoms with Gasteiger partial charge >= 0.3 is 0 Å². The minimum absolute atomic E-state index is 0.497. The molecule has 2 saturated heterocycles. The number of ether oxygens (including phenoxy) is 1. The topological polar surface area (TPSA) is 57.6 Å². The minimum atomic E-state index is -0.573. The molecule has 2 N–H and O–H groups in total. The first-order chi connectivity index (χ1) is 10.3. The number of pyridine rings is 1. The molecular formula is C16H25N3O2. The van der Waals surface area contributed by atoms with Gasteiger partial charge in [0.1, 0.15) is 5.82 Å². The lowest BCUT2D eigenvalue weighted by atomic mass is 9.93. The molecule has 5 heteroatoms. The van der Waals surface area contributed by atoms with Crippen molar-refractivity contribution in [3.63, 3.8) is 0 Å². The van der Waals surface area contributed by atoms with Gasteiger partial charge in [-0.3, -0.25) is 0 Å². The summed E-state index contributed by atoms with van der Waals surface area (Å²) in [6.45, 7) is 4.09. The zero-order valence-corrected chi connectivity index (χ0v) is 12.5. The fourth-order valence-electron chi connectivity index (χ4n) is 3.12. The summed E-state index contributed by atoms with van der Waals surface area (Å²) in [6.07, 6.45) is 5.53. The largest absolute Gasteiger partial charge is 0.388 e. The van der Waals surface area contributed by atoms with E-state index in [1.165, 1.54) is 0 Å². The van der Waals surface area contributed by atoms with Crippen molar-refractivity contribution in [3.8, 4) is 0 Å². The van der Waals surface area contributed by atoms with Gasteiger partial charge < -0.3 is 20.1 Å². The fraction of sp³-hybridized carbons (Fsp3) is 0.688. The maximum absolute atomic E-state index is 10.5. The standard InChI is InChI=1S/C16H25N3O2/c20-16(6-11-21-12-7-16)13-18-14-4-9-19(10-5-14)15-3-1-2-8-17-15/h1-3,8,14,18,20H,4-7,9-13H2. The molecule has 2 aliphatic heterocycles. The molecule has 0 saturated carbocycles. The Morgan fingerprint density at radius 2 is 2.05 bits per heavy atom. The van der Waals surface area contributed by atoms with Crippen LogP contribution in [0.5, 0.6) is 0 Å². The Morgan fingerprint density at radius 1 is 1.29 bits per heavy atom. The zero-order valence-electron chi connectivity index (χ0n) is 12.5. The molecule has 0 unspecified atom stereocenters. The first-order valence-corrected chi connectivity index (χ1v) is 7.95. The third-order valence-corrected chi connectivity index (χ3v) is 4.61. The Bertz CT molecular complexity index is 426. The molecule has 116 valence electrons. The molecule has 0 spiro atoms. The maximum atomic E-state index is 10.5. The molecule has 0 amide bonds. The van der Waals surface area contributed by atoms with E-state index in [1.807, 2.05) is 18.3 Å². The molecule has 1 aromatic heterocycles. The first kappa shape index (κ1) is 14.8. The van der Waals surface area contributed by atoms with E-state index < -0.39 is 5.60 Å². The number of anilines is 1. The van der Waals surface area contributed by atoms with Gasteiger partial charge in [-0.15, -0.1) is 0 Å². The molecular weight excluding hydrogens is 266 g/mol. The molecule has 0 aliphatic carbocycles. The normalized spacial score (nSPS) is 23.2. The molecule has 2 fully saturated rings. The Kier molecular flexibility index (Phi) is 4.73. The minimum Gasteiger partial charge on any atom is -0.388 e. The average molecular weight is 291 g/mol. The smallest absolute Gasteiger partial charge is 0.128 e. The highest BCUT2D eigenvalue weighted by molar-refractivity contribution is 5.38. The molecule has 3 rings (SSSR count). The summed E-state index contributed by atoms with van der Waals surface area (Å²) in [5, 5.41) is 14.0. The van der Waals surface area contributed by atoms with Gasteiger partial charge in [-0.1, -0.05) is 6.07 Å². The lowest BCUT2D eigenvalue weighted by molar-refractivity contribution is -0.0630. The lowest BCUT2D eigenvalue weighted by Crippen LogP contribution is -2.50. The quantitative estimate of drug-likeness (QED) is 0.872. The average Bonchev–Trinajstić information content (AvgIpc) is 2.55. The van der Waals surface area contributed by atoms with Crippen LogP contribution in [0.4, 0.5) is 5.82 Å². The van der Waals surface area contributed by atoms with Crippen molar-refractivity contribution >= 4 is 5.82 Å². The molecule has 0 bridgehead atoms. The molecule has 0 aromatic carbocycles. The van der Waals surface area contributed by atoms with Gasteiger partial charge in [0, 0.05) is 57.9 Å². The van der Waals surface area contributed by atoms with Crippen molar-refractivity contribution in [2.75, 3.05) is 37.7 Å². The second-order valence-electron chi connectivity index (χ2n) is 6.17. The third-order valence-electron chi connectivity index (χ3n) is 4.61. The molecule has 0 radical (unpaired) electrons. The van der Waals surface area contributed by atoms with E-state index in [4.69, 9.17) is 4.74 Å². The summed E-state index contributed by atoms with van der Waals surface area (Å²) in [5.41, 5.74) is -0.573. The second kappa shape index (κ2) is 6.73. The maximum Gasteiger partial charge on any atom is 0.128 e. The van der Waals surface area contributed by atoms with E-state index in [0.717, 1.165) is 44.6 Å². The summed E-state index contributed by atoms with van der Waals surface area (Å²) < 4.78 is 5.32. The van der Waals surface area contributed by atoms with Crippen LogP contribution >= 0.6 is 0 Å². The van der Waals surface area contributed by atoms with Gasteiger partial charge in [-0.05, 0) is 25.0 Å². The number of aliphatic hydroxyl groups is 1. The van der Waals surface area contributed by atoms with E-state index in [0.29, 0.717) is 25.8 Å². The van der Waals surface area contributed by atoms with Crippen molar-refractivity contribution in [2.45, 2.75) is 37.3 Å². The highest BCUT2D eigenvalue weighted by Gasteiger charge is 2.30. The zero-order chi connectivity index (χ0) is 14.5. The van der Waals surface area contributed by atoms with Gasteiger partial charge in [-0.2, -0.15) is 0 Å². The highest BCUT2D eigenvalue weighted by Crippen LogP contribution is 2.21. The molecule has 2 aliphatic rings. The van der Waals surface area contributed by atoms with Crippen LogP contribution in [0.15, 0.2) is 24.4 Å². The van der Waals surface area contributed by atoms with Crippen molar-refractivity contribution in [1.82, 2.24) is 10.3 Å². The number of aromatic nitrogens is 1. The Hall–Kier alpha value is -1.17. The van der Waals surface area contributed by atoms with Crippen LogP contribution < -0.4 is 10.2 Å². The summed E-state index contributed by atoms with van der Waals surface area (Å²) in [5.74, 6) is 1.07. The van der Waals surface area contributed by atoms with Gasteiger partial charge in [0.25, 0.3) is 0 Å². The summed E-state index contributed by atoms with van der Waals surface area (Å²) in [7, 11) is 0. The van der Waals surface area contributed by atoms with Gasteiger partial charge in [0.15, 0.2) is 0 Å². The Morgan fingerprint density at radius 3 is 2.71 bits per heavy atom. The SMILES string of the molecule is OC1(CNC2CCN(c3ccccn3)CC2)CCOCC1. The van der Waals surface area contributed by atoms with E-state index >= 15 is 0 Å². The van der Waals surface area contributed by atoms with Crippen LogP contribution in [0.25, 0.3) is 0 Å². The predicted molar refractivity (Wildman–Crippen MR) is 82.5 cm³/mol. The van der Waals surface area contributed by atoms with E-state index in [2.05, 4.69) is 21.3 Å².